The van der Waals surface area contributed by atoms with Crippen molar-refractivity contribution < 1.29 is 19.7 Å². The number of aryl methyl sites for hydroxylation is 1. The topological polar surface area (TPSA) is 104 Å². The molecule has 1 aromatic heterocycles. The fourth-order valence-electron chi connectivity index (χ4n) is 3.92. The van der Waals surface area contributed by atoms with E-state index in [1.807, 2.05) is 70.2 Å². The standard InChI is InChI=1S/C29H29N3O4/c1-5-25(24-15-20(33)9-13-28(24)34)31-32-29(35)23-16-27(30-26-12-6-18(4)14-22(23)26)19-7-10-21(11-8-19)36-17(2)3/h6-17,33-34H,5H2,1-4H3,(H,32,35). The van der Waals surface area contributed by atoms with Gasteiger partial charge in [-0.2, -0.15) is 5.10 Å². The number of hydrazone groups is 1. The number of rotatable bonds is 7. The summed E-state index contributed by atoms with van der Waals surface area (Å²) in [5.74, 6) is 0.333. The minimum Gasteiger partial charge on any atom is -0.508 e. The number of nitrogens with one attached hydrogen (secondary N) is 1. The maximum Gasteiger partial charge on any atom is 0.272 e. The lowest BCUT2D eigenvalue weighted by Crippen LogP contribution is -2.20. The molecule has 0 aliphatic carbocycles. The Bertz CT molecular complexity index is 1440. The highest BCUT2D eigenvalue weighted by Gasteiger charge is 2.16. The van der Waals surface area contributed by atoms with Crippen molar-refractivity contribution in [3.63, 3.8) is 0 Å². The van der Waals surface area contributed by atoms with E-state index in [1.165, 1.54) is 18.2 Å². The van der Waals surface area contributed by atoms with Crippen LogP contribution in [-0.2, 0) is 0 Å². The zero-order valence-electron chi connectivity index (χ0n) is 20.7. The molecule has 0 saturated carbocycles. The molecule has 3 N–H and O–H groups in total. The monoisotopic (exact) mass is 483 g/mol. The molecule has 0 spiro atoms. The van der Waals surface area contributed by atoms with Crippen molar-refractivity contribution in [3.05, 3.63) is 83.4 Å². The maximum absolute atomic E-state index is 13.4. The number of ether oxygens (including phenoxy) is 1. The zero-order valence-corrected chi connectivity index (χ0v) is 20.7. The first-order valence-electron chi connectivity index (χ1n) is 11.8. The molecular formula is C29H29N3O4. The molecule has 4 aromatic rings. The molecule has 7 nitrogen and oxygen atoms in total. The van der Waals surface area contributed by atoms with Gasteiger partial charge in [-0.25, -0.2) is 10.4 Å². The molecule has 184 valence electrons. The first-order valence-corrected chi connectivity index (χ1v) is 11.8. The number of hydrogen-bond donors (Lipinski definition) is 3. The third kappa shape index (κ3) is 5.46. The molecular weight excluding hydrogens is 454 g/mol. The van der Waals surface area contributed by atoms with Crippen LogP contribution in [0.2, 0.25) is 0 Å². The summed E-state index contributed by atoms with van der Waals surface area (Å²) < 4.78 is 5.73. The maximum atomic E-state index is 13.4. The number of phenolic OH excluding ortho intramolecular Hbond substituents is 2. The lowest BCUT2D eigenvalue weighted by molar-refractivity contribution is 0.0956. The van der Waals surface area contributed by atoms with Gasteiger partial charge in [-0.3, -0.25) is 4.79 Å². The summed E-state index contributed by atoms with van der Waals surface area (Å²) in [4.78, 5) is 18.1. The van der Waals surface area contributed by atoms with Crippen LogP contribution < -0.4 is 10.2 Å². The summed E-state index contributed by atoms with van der Waals surface area (Å²) in [6, 6.07) is 19.3. The summed E-state index contributed by atoms with van der Waals surface area (Å²) in [5, 5.41) is 25.0. The summed E-state index contributed by atoms with van der Waals surface area (Å²) in [6.07, 6.45) is 0.507. The van der Waals surface area contributed by atoms with Gasteiger partial charge >= 0.3 is 0 Å². The Kier molecular flexibility index (Phi) is 7.20. The SMILES string of the molecule is CCC(=NNC(=O)c1cc(-c2ccc(OC(C)C)cc2)nc2ccc(C)cc12)c1cc(O)ccc1O. The van der Waals surface area contributed by atoms with Crippen LogP contribution >= 0.6 is 0 Å². The molecule has 0 fully saturated rings. The predicted octanol–water partition coefficient (Wildman–Crippen LogP) is 5.95. The number of hydrogen-bond acceptors (Lipinski definition) is 6. The van der Waals surface area contributed by atoms with E-state index in [0.29, 0.717) is 39.9 Å². The largest absolute Gasteiger partial charge is 0.508 e. The lowest BCUT2D eigenvalue weighted by Gasteiger charge is -2.12. The molecule has 0 bridgehead atoms. The van der Waals surface area contributed by atoms with E-state index in [-0.39, 0.29) is 17.6 Å². The van der Waals surface area contributed by atoms with Crippen LogP contribution in [0.25, 0.3) is 22.2 Å². The molecule has 7 heteroatoms. The lowest BCUT2D eigenvalue weighted by atomic mass is 10.0. The van der Waals surface area contributed by atoms with Crippen LogP contribution in [0, 0.1) is 6.92 Å². The van der Waals surface area contributed by atoms with Crippen molar-refractivity contribution in [1.82, 2.24) is 10.4 Å². The van der Waals surface area contributed by atoms with E-state index in [0.717, 1.165) is 16.9 Å². The van der Waals surface area contributed by atoms with Gasteiger partial charge in [0.2, 0.25) is 0 Å². The quantitative estimate of drug-likeness (QED) is 0.171. The van der Waals surface area contributed by atoms with E-state index in [2.05, 4.69) is 10.5 Å². The van der Waals surface area contributed by atoms with Crippen LogP contribution in [0.4, 0.5) is 0 Å². The highest BCUT2D eigenvalue weighted by molar-refractivity contribution is 6.09. The van der Waals surface area contributed by atoms with Crippen molar-refractivity contribution in [2.75, 3.05) is 0 Å². The molecule has 0 unspecified atom stereocenters. The fraction of sp³-hybridized carbons (Fsp3) is 0.207. The normalized spacial score (nSPS) is 11.6. The average molecular weight is 484 g/mol. The van der Waals surface area contributed by atoms with Crippen molar-refractivity contribution >= 4 is 22.5 Å². The van der Waals surface area contributed by atoms with Gasteiger partial charge in [0.05, 0.1) is 28.6 Å². The fourth-order valence-corrected chi connectivity index (χ4v) is 3.92. The average Bonchev–Trinajstić information content (AvgIpc) is 2.85. The van der Waals surface area contributed by atoms with E-state index in [1.54, 1.807) is 6.07 Å². The van der Waals surface area contributed by atoms with Crippen LogP contribution in [-0.4, -0.2) is 32.9 Å². The molecule has 1 amide bonds. The van der Waals surface area contributed by atoms with Crippen molar-refractivity contribution in [1.29, 1.82) is 0 Å². The van der Waals surface area contributed by atoms with E-state index in [9.17, 15) is 15.0 Å². The van der Waals surface area contributed by atoms with Gasteiger partial charge in [-0.05, 0) is 87.9 Å². The van der Waals surface area contributed by atoms with Gasteiger partial charge < -0.3 is 14.9 Å². The molecule has 0 saturated heterocycles. The minimum absolute atomic E-state index is 0.000309. The van der Waals surface area contributed by atoms with Crippen LogP contribution in [0.3, 0.4) is 0 Å². The number of carbonyl (C=O) groups excluding carboxylic acids is 1. The predicted molar refractivity (Wildman–Crippen MR) is 142 cm³/mol. The first kappa shape index (κ1) is 24.7. The van der Waals surface area contributed by atoms with Crippen molar-refractivity contribution in [2.45, 2.75) is 40.2 Å². The number of aromatic nitrogens is 1. The second kappa shape index (κ2) is 10.5. The van der Waals surface area contributed by atoms with Crippen molar-refractivity contribution in [2.24, 2.45) is 5.10 Å². The number of carbonyl (C=O) groups is 1. The van der Waals surface area contributed by atoms with Gasteiger partial charge in [-0.15, -0.1) is 0 Å². The highest BCUT2D eigenvalue weighted by Crippen LogP contribution is 2.28. The summed E-state index contributed by atoms with van der Waals surface area (Å²) in [6.45, 7) is 7.75. The highest BCUT2D eigenvalue weighted by atomic mass is 16.5. The van der Waals surface area contributed by atoms with E-state index in [4.69, 9.17) is 9.72 Å². The summed E-state index contributed by atoms with van der Waals surface area (Å²) >= 11 is 0. The molecule has 0 radical (unpaired) electrons. The van der Waals surface area contributed by atoms with Crippen molar-refractivity contribution in [3.8, 4) is 28.5 Å². The molecule has 36 heavy (non-hydrogen) atoms. The minimum atomic E-state index is -0.403. The summed E-state index contributed by atoms with van der Waals surface area (Å²) in [7, 11) is 0. The number of fused-ring (bicyclic) bond motifs is 1. The molecule has 4 rings (SSSR count). The number of nitrogens with zero attached hydrogens (tertiary/aromatic N) is 2. The Labute approximate surface area is 210 Å². The molecule has 3 aromatic carbocycles. The first-order chi connectivity index (χ1) is 17.2. The molecule has 0 aliphatic heterocycles. The Hall–Kier alpha value is -4.39. The van der Waals surface area contributed by atoms with Gasteiger partial charge in [0.25, 0.3) is 5.91 Å². The third-order valence-electron chi connectivity index (χ3n) is 5.65. The smallest absolute Gasteiger partial charge is 0.272 e. The van der Waals surface area contributed by atoms with Crippen LogP contribution in [0.15, 0.2) is 71.8 Å². The van der Waals surface area contributed by atoms with E-state index < -0.39 is 5.91 Å². The second-order valence-electron chi connectivity index (χ2n) is 8.82. The summed E-state index contributed by atoms with van der Waals surface area (Å²) in [5.41, 5.74) is 7.05. The molecule has 0 atom stereocenters. The number of phenols is 2. The number of benzene rings is 3. The van der Waals surface area contributed by atoms with Gasteiger partial charge in [0.1, 0.15) is 17.2 Å². The Balaban J connectivity index is 1.72. The number of aromatic hydroxyl groups is 2. The Morgan fingerprint density at radius 3 is 2.44 bits per heavy atom. The van der Waals surface area contributed by atoms with Gasteiger partial charge in [0, 0.05) is 16.5 Å². The Morgan fingerprint density at radius 2 is 1.75 bits per heavy atom. The third-order valence-corrected chi connectivity index (χ3v) is 5.65. The number of pyridine rings is 1. The van der Waals surface area contributed by atoms with E-state index >= 15 is 0 Å². The van der Waals surface area contributed by atoms with Crippen LogP contribution in [0.1, 0.15) is 48.7 Å². The van der Waals surface area contributed by atoms with Crippen LogP contribution in [0.5, 0.6) is 17.2 Å². The second-order valence-corrected chi connectivity index (χ2v) is 8.82. The molecule has 0 aliphatic rings. The molecule has 1 heterocycles. The Morgan fingerprint density at radius 1 is 1.00 bits per heavy atom. The van der Waals surface area contributed by atoms with Gasteiger partial charge in [-0.1, -0.05) is 18.6 Å². The zero-order chi connectivity index (χ0) is 25.8. The van der Waals surface area contributed by atoms with Gasteiger partial charge in [0.15, 0.2) is 0 Å². The number of amides is 1.